The summed E-state index contributed by atoms with van der Waals surface area (Å²) in [5.41, 5.74) is 0.487. The molecule has 1 aromatic heterocycles. The van der Waals surface area contributed by atoms with E-state index in [-0.39, 0.29) is 29.0 Å². The lowest BCUT2D eigenvalue weighted by molar-refractivity contribution is -0.129. The number of aromatic amines is 1. The van der Waals surface area contributed by atoms with Crippen LogP contribution in [0.3, 0.4) is 0 Å². The van der Waals surface area contributed by atoms with Gasteiger partial charge in [-0.3, -0.25) is 9.59 Å². The van der Waals surface area contributed by atoms with Gasteiger partial charge in [0.25, 0.3) is 5.91 Å². The maximum Gasteiger partial charge on any atom is 0.270 e. The predicted octanol–water partition coefficient (Wildman–Crippen LogP) is 1.16. The molecule has 3 heterocycles. The van der Waals surface area contributed by atoms with Gasteiger partial charge in [0.15, 0.2) is 0 Å². The van der Waals surface area contributed by atoms with Crippen LogP contribution in [0.4, 0.5) is 0 Å². The van der Waals surface area contributed by atoms with Crippen molar-refractivity contribution in [3.05, 3.63) is 48.3 Å². The minimum atomic E-state index is -3.96. The number of sulfonamides is 1. The number of para-hydroxylation sites is 1. The molecule has 2 amide bonds. The van der Waals surface area contributed by atoms with Crippen LogP contribution in [0, 0.1) is 0 Å². The maximum atomic E-state index is 13.5. The molecule has 1 N–H and O–H groups in total. The number of amides is 2. The highest BCUT2D eigenvalue weighted by Gasteiger charge is 2.44. The molecule has 0 unspecified atom stereocenters. The van der Waals surface area contributed by atoms with Gasteiger partial charge in [-0.15, -0.1) is 0 Å². The van der Waals surface area contributed by atoms with Gasteiger partial charge in [0.2, 0.25) is 15.9 Å². The van der Waals surface area contributed by atoms with Crippen molar-refractivity contribution >= 4 is 21.8 Å². The van der Waals surface area contributed by atoms with Crippen molar-refractivity contribution < 1.29 is 22.7 Å². The van der Waals surface area contributed by atoms with Gasteiger partial charge in [-0.05, 0) is 30.7 Å². The van der Waals surface area contributed by atoms with Gasteiger partial charge in [0.05, 0.1) is 12.6 Å². The van der Waals surface area contributed by atoms with Crippen LogP contribution in [0.1, 0.15) is 23.3 Å². The summed E-state index contributed by atoms with van der Waals surface area (Å²) in [6.45, 7) is 0.510. The van der Waals surface area contributed by atoms with Crippen molar-refractivity contribution in [1.29, 1.82) is 0 Å². The van der Waals surface area contributed by atoms with Gasteiger partial charge in [0, 0.05) is 39.8 Å². The monoisotopic (exact) mass is 446 g/mol. The normalized spacial score (nSPS) is 23.0. The Hall–Kier alpha value is -2.85. The van der Waals surface area contributed by atoms with Crippen molar-refractivity contribution in [3.63, 3.8) is 0 Å². The summed E-state index contributed by atoms with van der Waals surface area (Å²) in [5, 5.41) is 0. The zero-order chi connectivity index (χ0) is 22.2. The van der Waals surface area contributed by atoms with Crippen LogP contribution in [0.2, 0.25) is 0 Å². The molecular weight excluding hydrogens is 420 g/mol. The van der Waals surface area contributed by atoms with E-state index in [1.54, 1.807) is 55.5 Å². The highest BCUT2D eigenvalue weighted by Crippen LogP contribution is 2.36. The number of likely N-dealkylation sites (tertiary alicyclic amines) is 1. The molecular formula is C21H26N4O5S. The Balaban J connectivity index is 1.69. The van der Waals surface area contributed by atoms with Crippen molar-refractivity contribution in [2.24, 2.45) is 0 Å². The fraction of sp³-hybridized carbons (Fsp3) is 0.429. The van der Waals surface area contributed by atoms with E-state index < -0.39 is 22.2 Å². The van der Waals surface area contributed by atoms with E-state index in [4.69, 9.17) is 4.74 Å². The van der Waals surface area contributed by atoms with Crippen LogP contribution in [-0.4, -0.2) is 85.2 Å². The number of hydrogen-bond donors (Lipinski definition) is 1. The summed E-state index contributed by atoms with van der Waals surface area (Å²) >= 11 is 0. The van der Waals surface area contributed by atoms with Gasteiger partial charge in [-0.25, -0.2) is 8.42 Å². The molecule has 1 aromatic carbocycles. The number of nitrogens with one attached hydrogen (secondary N) is 1. The standard InChI is InChI=1S/C21H26N4O5S/c1-23(2)20(26)14-25-16-9-12-24(21(27)15-6-5-11-22-15)13-10-17(16)30-18-7-3-4-8-19(18)31(25,28)29/h3-8,11,16-17,22H,9-10,12-14H2,1-2H3/t16-,17-/m1/s1. The van der Waals surface area contributed by atoms with Crippen LogP contribution in [0.5, 0.6) is 5.75 Å². The lowest BCUT2D eigenvalue weighted by Gasteiger charge is -2.31. The Morgan fingerprint density at radius 3 is 2.58 bits per heavy atom. The second kappa shape index (κ2) is 8.35. The Kier molecular flexibility index (Phi) is 5.76. The second-order valence-electron chi connectivity index (χ2n) is 7.96. The molecule has 1 saturated heterocycles. The number of rotatable bonds is 3. The first-order chi connectivity index (χ1) is 14.8. The Morgan fingerprint density at radius 1 is 1.13 bits per heavy atom. The molecule has 2 aromatic rings. The Labute approximate surface area is 181 Å². The molecule has 10 heteroatoms. The number of benzene rings is 1. The predicted molar refractivity (Wildman–Crippen MR) is 113 cm³/mol. The van der Waals surface area contributed by atoms with Gasteiger partial charge < -0.3 is 19.5 Å². The summed E-state index contributed by atoms with van der Waals surface area (Å²) in [4.78, 5) is 31.4. The van der Waals surface area contributed by atoms with E-state index >= 15 is 0 Å². The van der Waals surface area contributed by atoms with Gasteiger partial charge >= 0.3 is 0 Å². The fourth-order valence-electron chi connectivity index (χ4n) is 4.07. The van der Waals surface area contributed by atoms with E-state index in [2.05, 4.69) is 4.98 Å². The Morgan fingerprint density at radius 2 is 1.87 bits per heavy atom. The third-order valence-electron chi connectivity index (χ3n) is 5.80. The molecule has 0 bridgehead atoms. The maximum absolute atomic E-state index is 13.5. The van der Waals surface area contributed by atoms with Crippen molar-refractivity contribution in [2.45, 2.75) is 29.9 Å². The number of H-pyrrole nitrogens is 1. The highest BCUT2D eigenvalue weighted by molar-refractivity contribution is 7.89. The molecule has 31 heavy (non-hydrogen) atoms. The summed E-state index contributed by atoms with van der Waals surface area (Å²) in [7, 11) is -0.773. The smallest absolute Gasteiger partial charge is 0.270 e. The van der Waals surface area contributed by atoms with Crippen LogP contribution in [0.15, 0.2) is 47.5 Å². The lowest BCUT2D eigenvalue weighted by Crippen LogP contribution is -2.50. The topological polar surface area (TPSA) is 103 Å². The average Bonchev–Trinajstić information content (AvgIpc) is 3.18. The largest absolute Gasteiger partial charge is 0.487 e. The van der Waals surface area contributed by atoms with Crippen molar-refractivity contribution in [2.75, 3.05) is 33.7 Å². The van der Waals surface area contributed by atoms with Gasteiger partial charge in [0.1, 0.15) is 22.4 Å². The van der Waals surface area contributed by atoms with E-state index in [0.29, 0.717) is 31.6 Å². The number of carbonyl (C=O) groups is 2. The van der Waals surface area contributed by atoms with Crippen molar-refractivity contribution in [3.8, 4) is 5.75 Å². The van der Waals surface area contributed by atoms with Crippen LogP contribution >= 0.6 is 0 Å². The summed E-state index contributed by atoms with van der Waals surface area (Å²) in [6.07, 6.45) is 2.03. The third kappa shape index (κ3) is 4.05. The van der Waals surface area contributed by atoms with Crippen LogP contribution in [-0.2, 0) is 14.8 Å². The van der Waals surface area contributed by atoms with Crippen molar-refractivity contribution in [1.82, 2.24) is 19.1 Å². The zero-order valence-corrected chi connectivity index (χ0v) is 18.3. The third-order valence-corrected chi connectivity index (χ3v) is 7.71. The SMILES string of the molecule is CN(C)C(=O)CN1[C@@H]2CCN(C(=O)c3ccc[nH]3)CC[C@H]2Oc2ccccc2S1(=O)=O. The first-order valence-corrected chi connectivity index (χ1v) is 11.6. The summed E-state index contributed by atoms with van der Waals surface area (Å²) < 4.78 is 34.5. The van der Waals surface area contributed by atoms with E-state index in [1.165, 1.54) is 15.3 Å². The molecule has 4 rings (SSSR count). The quantitative estimate of drug-likeness (QED) is 0.762. The molecule has 0 aliphatic carbocycles. The number of likely N-dealkylation sites (N-methyl/N-ethyl adjacent to an activating group) is 1. The minimum Gasteiger partial charge on any atom is -0.487 e. The second-order valence-corrected chi connectivity index (χ2v) is 9.82. The minimum absolute atomic E-state index is 0.0638. The molecule has 0 saturated carbocycles. The van der Waals surface area contributed by atoms with E-state index in [1.807, 2.05) is 0 Å². The fourth-order valence-corrected chi connectivity index (χ4v) is 5.82. The molecule has 166 valence electrons. The van der Waals surface area contributed by atoms with Gasteiger partial charge in [-0.1, -0.05) is 12.1 Å². The van der Waals surface area contributed by atoms with E-state index in [0.717, 1.165) is 0 Å². The summed E-state index contributed by atoms with van der Waals surface area (Å²) in [5.74, 6) is -0.174. The van der Waals surface area contributed by atoms with Crippen LogP contribution in [0.25, 0.3) is 0 Å². The van der Waals surface area contributed by atoms with Crippen LogP contribution < -0.4 is 4.74 Å². The molecule has 0 spiro atoms. The molecule has 2 atom stereocenters. The number of carbonyl (C=O) groups excluding carboxylic acids is 2. The first-order valence-electron chi connectivity index (χ1n) is 10.2. The highest BCUT2D eigenvalue weighted by atomic mass is 32.2. The number of ether oxygens (including phenoxy) is 1. The van der Waals surface area contributed by atoms with E-state index in [9.17, 15) is 18.0 Å². The molecule has 9 nitrogen and oxygen atoms in total. The number of fused-ring (bicyclic) bond motifs is 2. The number of nitrogens with zero attached hydrogens (tertiary/aromatic N) is 3. The molecule has 0 radical (unpaired) electrons. The molecule has 2 aliphatic heterocycles. The number of hydrogen-bond acceptors (Lipinski definition) is 5. The zero-order valence-electron chi connectivity index (χ0n) is 17.5. The first kappa shape index (κ1) is 21.4. The molecule has 1 fully saturated rings. The van der Waals surface area contributed by atoms with Gasteiger partial charge in [-0.2, -0.15) is 4.31 Å². The molecule has 2 aliphatic rings. The average molecular weight is 447 g/mol. The Bertz CT molecular complexity index is 1070. The summed E-state index contributed by atoms with van der Waals surface area (Å²) in [6, 6.07) is 9.41. The number of aromatic nitrogens is 1. The lowest BCUT2D eigenvalue weighted by atomic mass is 10.1.